The summed E-state index contributed by atoms with van der Waals surface area (Å²) >= 11 is 0. The topological polar surface area (TPSA) is 59.5 Å². The van der Waals surface area contributed by atoms with Crippen molar-refractivity contribution in [2.45, 2.75) is 6.92 Å². The minimum Gasteiger partial charge on any atom is -0.497 e. The number of aromatic nitrogens is 2. The van der Waals surface area contributed by atoms with Gasteiger partial charge in [0, 0.05) is 24.4 Å². The third-order valence-electron chi connectivity index (χ3n) is 3.98. The standard InChI is InChI=1S/C20H22N4O2/c1-4-24(15-8-6-5-7-9-15)20-13-19(21-14-22-20)23-17-12-16(25-2)10-11-18(17)26-3/h5-14H,4H2,1-3H3,(H,21,22,23). The van der Waals surface area contributed by atoms with Crippen LogP contribution in [0.1, 0.15) is 6.92 Å². The Kier molecular flexibility index (Phi) is 5.53. The molecular weight excluding hydrogens is 328 g/mol. The Bertz CT molecular complexity index is 855. The molecule has 0 aliphatic carbocycles. The molecule has 2 aromatic carbocycles. The Balaban J connectivity index is 1.90. The SMILES string of the molecule is CCN(c1ccccc1)c1cc(Nc2cc(OC)ccc2OC)ncn1. The molecule has 0 spiro atoms. The number of para-hydroxylation sites is 1. The van der Waals surface area contributed by atoms with E-state index in [-0.39, 0.29) is 0 Å². The average molecular weight is 350 g/mol. The highest BCUT2D eigenvalue weighted by Gasteiger charge is 2.11. The lowest BCUT2D eigenvalue weighted by molar-refractivity contribution is 0.405. The van der Waals surface area contributed by atoms with E-state index >= 15 is 0 Å². The van der Waals surface area contributed by atoms with E-state index in [1.54, 1.807) is 20.5 Å². The van der Waals surface area contributed by atoms with Crippen molar-refractivity contribution < 1.29 is 9.47 Å². The van der Waals surface area contributed by atoms with E-state index in [9.17, 15) is 0 Å². The second-order valence-corrected chi connectivity index (χ2v) is 5.53. The third kappa shape index (κ3) is 3.85. The minimum absolute atomic E-state index is 0.677. The first kappa shape index (κ1) is 17.5. The second-order valence-electron chi connectivity index (χ2n) is 5.53. The lowest BCUT2D eigenvalue weighted by Crippen LogP contribution is -2.17. The van der Waals surface area contributed by atoms with E-state index in [0.717, 1.165) is 29.5 Å². The van der Waals surface area contributed by atoms with Gasteiger partial charge in [0.2, 0.25) is 0 Å². The summed E-state index contributed by atoms with van der Waals surface area (Å²) in [7, 11) is 3.26. The lowest BCUT2D eigenvalue weighted by Gasteiger charge is -2.22. The van der Waals surface area contributed by atoms with Crippen LogP contribution in [0.5, 0.6) is 11.5 Å². The molecule has 0 radical (unpaired) electrons. The molecule has 0 saturated heterocycles. The number of nitrogens with one attached hydrogen (secondary N) is 1. The highest BCUT2D eigenvalue weighted by atomic mass is 16.5. The predicted octanol–water partition coefficient (Wildman–Crippen LogP) is 4.40. The summed E-state index contributed by atoms with van der Waals surface area (Å²) < 4.78 is 10.7. The highest BCUT2D eigenvalue weighted by Crippen LogP contribution is 2.32. The van der Waals surface area contributed by atoms with E-state index in [0.29, 0.717) is 11.6 Å². The number of anilines is 4. The van der Waals surface area contributed by atoms with Gasteiger partial charge in [-0.05, 0) is 31.2 Å². The maximum absolute atomic E-state index is 5.41. The second kappa shape index (κ2) is 8.20. The summed E-state index contributed by atoms with van der Waals surface area (Å²) in [6.07, 6.45) is 1.55. The molecule has 1 aromatic heterocycles. The van der Waals surface area contributed by atoms with Gasteiger partial charge in [0.05, 0.1) is 19.9 Å². The molecule has 0 bridgehead atoms. The molecule has 3 rings (SSSR count). The van der Waals surface area contributed by atoms with Crippen molar-refractivity contribution in [3.63, 3.8) is 0 Å². The van der Waals surface area contributed by atoms with Crippen molar-refractivity contribution in [1.82, 2.24) is 9.97 Å². The number of benzene rings is 2. The number of rotatable bonds is 7. The number of hydrogen-bond donors (Lipinski definition) is 1. The molecule has 0 amide bonds. The molecule has 26 heavy (non-hydrogen) atoms. The van der Waals surface area contributed by atoms with Crippen molar-refractivity contribution in [2.75, 3.05) is 31.0 Å². The van der Waals surface area contributed by atoms with Crippen LogP contribution in [0.2, 0.25) is 0 Å². The molecular formula is C20H22N4O2. The van der Waals surface area contributed by atoms with Crippen LogP contribution in [0.25, 0.3) is 0 Å². The van der Waals surface area contributed by atoms with Crippen LogP contribution in [0.3, 0.4) is 0 Å². The maximum Gasteiger partial charge on any atom is 0.142 e. The number of hydrogen-bond acceptors (Lipinski definition) is 6. The zero-order valence-electron chi connectivity index (χ0n) is 15.1. The van der Waals surface area contributed by atoms with Crippen LogP contribution in [0, 0.1) is 0 Å². The Morgan fingerprint density at radius 3 is 2.46 bits per heavy atom. The van der Waals surface area contributed by atoms with Gasteiger partial charge in [-0.1, -0.05) is 18.2 Å². The summed E-state index contributed by atoms with van der Waals surface area (Å²) in [4.78, 5) is 10.9. The zero-order chi connectivity index (χ0) is 18.4. The summed E-state index contributed by atoms with van der Waals surface area (Å²) in [5.74, 6) is 2.94. The Labute approximate surface area is 153 Å². The fourth-order valence-corrected chi connectivity index (χ4v) is 2.70. The number of ether oxygens (including phenoxy) is 2. The Morgan fingerprint density at radius 1 is 0.962 bits per heavy atom. The summed E-state index contributed by atoms with van der Waals surface area (Å²) in [6.45, 7) is 2.89. The first-order valence-electron chi connectivity index (χ1n) is 8.38. The molecule has 0 atom stereocenters. The monoisotopic (exact) mass is 350 g/mol. The summed E-state index contributed by atoms with van der Waals surface area (Å²) in [5.41, 5.74) is 1.86. The quantitative estimate of drug-likeness (QED) is 0.682. The molecule has 0 fully saturated rings. The van der Waals surface area contributed by atoms with E-state index < -0.39 is 0 Å². The first-order chi connectivity index (χ1) is 12.7. The van der Waals surface area contributed by atoms with Crippen molar-refractivity contribution in [3.05, 3.63) is 60.9 Å². The molecule has 1 N–H and O–H groups in total. The van der Waals surface area contributed by atoms with Crippen LogP contribution >= 0.6 is 0 Å². The van der Waals surface area contributed by atoms with Crippen LogP contribution in [0.4, 0.5) is 23.0 Å². The van der Waals surface area contributed by atoms with Gasteiger partial charge in [0.1, 0.15) is 29.5 Å². The smallest absolute Gasteiger partial charge is 0.142 e. The molecule has 0 aliphatic rings. The van der Waals surface area contributed by atoms with Crippen molar-refractivity contribution >= 4 is 23.0 Å². The van der Waals surface area contributed by atoms with Crippen molar-refractivity contribution in [3.8, 4) is 11.5 Å². The van der Waals surface area contributed by atoms with Crippen LogP contribution in [-0.4, -0.2) is 30.7 Å². The summed E-state index contributed by atoms with van der Waals surface area (Å²) in [6, 6.07) is 17.6. The molecule has 6 nitrogen and oxygen atoms in total. The molecule has 6 heteroatoms. The zero-order valence-corrected chi connectivity index (χ0v) is 15.1. The number of methoxy groups -OCH3 is 2. The molecule has 0 aliphatic heterocycles. The van der Waals surface area contributed by atoms with Crippen LogP contribution in [-0.2, 0) is 0 Å². The Hall–Kier alpha value is -3.28. The van der Waals surface area contributed by atoms with Gasteiger partial charge < -0.3 is 19.7 Å². The largest absolute Gasteiger partial charge is 0.497 e. The van der Waals surface area contributed by atoms with Crippen molar-refractivity contribution in [1.29, 1.82) is 0 Å². The van der Waals surface area contributed by atoms with Gasteiger partial charge in [-0.25, -0.2) is 9.97 Å². The number of nitrogens with zero attached hydrogens (tertiary/aromatic N) is 3. The van der Waals surface area contributed by atoms with Gasteiger partial charge >= 0.3 is 0 Å². The van der Waals surface area contributed by atoms with Gasteiger partial charge in [-0.15, -0.1) is 0 Å². The molecule has 0 saturated carbocycles. The van der Waals surface area contributed by atoms with Crippen molar-refractivity contribution in [2.24, 2.45) is 0 Å². The fourth-order valence-electron chi connectivity index (χ4n) is 2.70. The predicted molar refractivity (Wildman–Crippen MR) is 104 cm³/mol. The van der Waals surface area contributed by atoms with Gasteiger partial charge in [0.25, 0.3) is 0 Å². The van der Waals surface area contributed by atoms with E-state index in [4.69, 9.17) is 9.47 Å². The van der Waals surface area contributed by atoms with E-state index in [1.807, 2.05) is 42.5 Å². The molecule has 134 valence electrons. The fraction of sp³-hybridized carbons (Fsp3) is 0.200. The first-order valence-corrected chi connectivity index (χ1v) is 8.38. The van der Waals surface area contributed by atoms with E-state index in [1.165, 1.54) is 0 Å². The lowest BCUT2D eigenvalue weighted by atomic mass is 10.2. The van der Waals surface area contributed by atoms with Crippen LogP contribution in [0.15, 0.2) is 60.9 Å². The maximum atomic E-state index is 5.41. The third-order valence-corrected chi connectivity index (χ3v) is 3.98. The van der Waals surface area contributed by atoms with E-state index in [2.05, 4.69) is 39.2 Å². The average Bonchev–Trinajstić information content (AvgIpc) is 2.69. The van der Waals surface area contributed by atoms with Gasteiger partial charge in [-0.2, -0.15) is 0 Å². The van der Waals surface area contributed by atoms with Gasteiger partial charge in [0.15, 0.2) is 0 Å². The van der Waals surface area contributed by atoms with Gasteiger partial charge in [-0.3, -0.25) is 0 Å². The normalized spacial score (nSPS) is 10.3. The molecule has 1 heterocycles. The minimum atomic E-state index is 0.677. The molecule has 3 aromatic rings. The van der Waals surface area contributed by atoms with Crippen LogP contribution < -0.4 is 19.7 Å². The Morgan fingerprint density at radius 2 is 1.77 bits per heavy atom. The highest BCUT2D eigenvalue weighted by molar-refractivity contribution is 5.69. The summed E-state index contributed by atoms with van der Waals surface area (Å²) in [5, 5.41) is 3.29. The molecule has 0 unspecified atom stereocenters.